The number of halogens is 3. The molecule has 4 heterocycles. The van der Waals surface area contributed by atoms with Crippen LogP contribution in [0.4, 0.5) is 13.2 Å². The van der Waals surface area contributed by atoms with Gasteiger partial charge in [0, 0.05) is 41.8 Å². The highest BCUT2D eigenvalue weighted by Crippen LogP contribution is 2.50. The van der Waals surface area contributed by atoms with Gasteiger partial charge in [-0.05, 0) is 38.7 Å². The molecule has 2 aliphatic heterocycles. The van der Waals surface area contributed by atoms with Crippen LogP contribution in [0.3, 0.4) is 0 Å². The smallest absolute Gasteiger partial charge is 0.392 e. The van der Waals surface area contributed by atoms with Gasteiger partial charge in [-0.3, -0.25) is 9.58 Å². The molecule has 0 saturated carbocycles. The molecule has 34 heavy (non-hydrogen) atoms. The number of aliphatic hydroxyl groups excluding tert-OH is 2. The molecule has 0 radical (unpaired) electrons. The highest BCUT2D eigenvalue weighted by molar-refractivity contribution is 7.12. The molecule has 1 unspecified atom stereocenters. The fourth-order valence-electron chi connectivity index (χ4n) is 4.80. The summed E-state index contributed by atoms with van der Waals surface area (Å²) >= 11 is 0.743. The summed E-state index contributed by atoms with van der Waals surface area (Å²) in [4.78, 5) is 2.19. The Balaban J connectivity index is 1.38. The number of rotatable bonds is 8. The molecule has 1 saturated heterocycles. The van der Waals surface area contributed by atoms with Crippen LogP contribution >= 0.6 is 11.3 Å². The maximum atomic E-state index is 13.6. The van der Waals surface area contributed by atoms with Crippen LogP contribution in [-0.2, 0) is 47.4 Å². The lowest BCUT2D eigenvalue weighted by Gasteiger charge is -2.43. The van der Waals surface area contributed by atoms with E-state index in [1.165, 1.54) is 0 Å². The van der Waals surface area contributed by atoms with Crippen molar-refractivity contribution in [3.63, 3.8) is 0 Å². The second kappa shape index (κ2) is 10.2. The first-order valence-corrected chi connectivity index (χ1v) is 12.4. The Morgan fingerprint density at radius 1 is 1.29 bits per heavy atom. The predicted octanol–water partition coefficient (Wildman–Crippen LogP) is 3.31. The van der Waals surface area contributed by atoms with Gasteiger partial charge < -0.3 is 19.7 Å². The minimum Gasteiger partial charge on any atom is -0.392 e. The number of hydrogen-bond acceptors (Lipinski definition) is 7. The van der Waals surface area contributed by atoms with E-state index in [4.69, 9.17) is 9.47 Å². The molecule has 0 amide bonds. The van der Waals surface area contributed by atoms with Crippen molar-refractivity contribution in [2.45, 2.75) is 76.8 Å². The Morgan fingerprint density at radius 2 is 2.03 bits per heavy atom. The van der Waals surface area contributed by atoms with Gasteiger partial charge in [-0.25, -0.2) is 0 Å². The average molecular weight is 504 g/mol. The Labute approximate surface area is 201 Å². The number of hydrogen-bond donors (Lipinski definition) is 2. The molecule has 11 heteroatoms. The highest BCUT2D eigenvalue weighted by Gasteiger charge is 2.47. The summed E-state index contributed by atoms with van der Waals surface area (Å²) in [6, 6.07) is 0. The van der Waals surface area contributed by atoms with Crippen LogP contribution in [0.25, 0.3) is 0 Å². The van der Waals surface area contributed by atoms with Gasteiger partial charge in [0.1, 0.15) is 10.5 Å². The van der Waals surface area contributed by atoms with Gasteiger partial charge in [0.25, 0.3) is 0 Å². The zero-order chi connectivity index (χ0) is 24.5. The molecule has 1 fully saturated rings. The van der Waals surface area contributed by atoms with Crippen molar-refractivity contribution >= 4 is 11.3 Å². The van der Waals surface area contributed by atoms with Crippen molar-refractivity contribution in [1.29, 1.82) is 0 Å². The van der Waals surface area contributed by atoms with E-state index >= 15 is 0 Å². The summed E-state index contributed by atoms with van der Waals surface area (Å²) < 4.78 is 53.9. The normalized spacial score (nSPS) is 19.6. The van der Waals surface area contributed by atoms with Crippen molar-refractivity contribution in [2.75, 3.05) is 26.3 Å². The Bertz CT molecular complexity index is 967. The molecule has 4 rings (SSSR count). The van der Waals surface area contributed by atoms with E-state index in [0.29, 0.717) is 62.5 Å². The number of aliphatic hydroxyl groups is 2. The zero-order valence-electron chi connectivity index (χ0n) is 19.5. The predicted molar refractivity (Wildman–Crippen MR) is 120 cm³/mol. The Hall–Kier alpha value is -1.50. The summed E-state index contributed by atoms with van der Waals surface area (Å²) in [5.74, 6) is 0. The maximum Gasteiger partial charge on any atom is 0.425 e. The monoisotopic (exact) mass is 503 g/mol. The van der Waals surface area contributed by atoms with Crippen molar-refractivity contribution in [2.24, 2.45) is 0 Å². The number of thiophene rings is 1. The van der Waals surface area contributed by atoms with Gasteiger partial charge in [-0.15, -0.1) is 11.3 Å². The fourth-order valence-corrected chi connectivity index (χ4v) is 6.23. The van der Waals surface area contributed by atoms with Crippen molar-refractivity contribution in [3.8, 4) is 0 Å². The van der Waals surface area contributed by atoms with Crippen LogP contribution in [0.1, 0.15) is 53.1 Å². The number of ether oxygens (including phenoxy) is 2. The van der Waals surface area contributed by atoms with Crippen LogP contribution < -0.4 is 0 Å². The first kappa shape index (κ1) is 25.6. The third-order valence-electron chi connectivity index (χ3n) is 6.45. The molecule has 190 valence electrons. The van der Waals surface area contributed by atoms with E-state index in [2.05, 4.69) is 10.00 Å². The maximum absolute atomic E-state index is 13.6. The molecule has 1 atom stereocenters. The molecule has 1 spiro atoms. The van der Waals surface area contributed by atoms with E-state index in [1.54, 1.807) is 10.9 Å². The molecular formula is C23H32F3N3O4S. The molecule has 2 N–H and O–H groups in total. The lowest BCUT2D eigenvalue weighted by atomic mass is 9.84. The van der Waals surface area contributed by atoms with Crippen LogP contribution in [-0.4, -0.2) is 63.4 Å². The van der Waals surface area contributed by atoms with Crippen molar-refractivity contribution in [1.82, 2.24) is 14.7 Å². The quantitative estimate of drug-likeness (QED) is 0.576. The molecule has 2 aromatic heterocycles. The standard InChI is InChI=1S/C23H32F3N3O4S/c1-15(2)32-14-17(31)12-29-11-16(9-27-29)10-28-6-4-22(5-7-28)20-18(3-8-33-22)19(13-30)21(34-20)23(24,25)26/h9,11,15,17,30-31H,3-8,10,12-14H2,1-2H3. The van der Waals surface area contributed by atoms with Gasteiger partial charge in [-0.1, -0.05) is 0 Å². The molecule has 2 aliphatic rings. The summed E-state index contributed by atoms with van der Waals surface area (Å²) in [5.41, 5.74) is 0.940. The summed E-state index contributed by atoms with van der Waals surface area (Å²) in [6.45, 7) is 6.22. The SMILES string of the molecule is CC(C)OCC(O)Cn1cc(CN2CCC3(CC2)OCCc2c3sc(C(F)(F)F)c2CO)cn1. The highest BCUT2D eigenvalue weighted by atomic mass is 32.1. The van der Waals surface area contributed by atoms with Crippen LogP contribution in [0, 0.1) is 0 Å². The van der Waals surface area contributed by atoms with Gasteiger partial charge in [0.2, 0.25) is 0 Å². The van der Waals surface area contributed by atoms with Crippen molar-refractivity contribution in [3.05, 3.63) is 38.8 Å². The topological polar surface area (TPSA) is 80.0 Å². The lowest BCUT2D eigenvalue weighted by molar-refractivity contribution is -0.135. The number of fused-ring (bicyclic) bond motifs is 2. The van der Waals surface area contributed by atoms with E-state index in [0.717, 1.165) is 16.9 Å². The van der Waals surface area contributed by atoms with E-state index in [9.17, 15) is 23.4 Å². The van der Waals surface area contributed by atoms with Crippen LogP contribution in [0.5, 0.6) is 0 Å². The third-order valence-corrected chi connectivity index (χ3v) is 7.96. The molecule has 2 aromatic rings. The third kappa shape index (κ3) is 5.50. The number of likely N-dealkylation sites (tertiary alicyclic amines) is 1. The molecule has 0 bridgehead atoms. The minimum atomic E-state index is -4.48. The van der Waals surface area contributed by atoms with E-state index in [1.807, 2.05) is 20.0 Å². The second-order valence-corrected chi connectivity index (χ2v) is 10.4. The first-order chi connectivity index (χ1) is 16.1. The summed E-state index contributed by atoms with van der Waals surface area (Å²) in [7, 11) is 0. The molecular weight excluding hydrogens is 471 g/mol. The number of alkyl halides is 3. The van der Waals surface area contributed by atoms with Gasteiger partial charge >= 0.3 is 6.18 Å². The molecule has 7 nitrogen and oxygen atoms in total. The van der Waals surface area contributed by atoms with Crippen LogP contribution in [0.15, 0.2) is 12.4 Å². The van der Waals surface area contributed by atoms with E-state index in [-0.39, 0.29) is 18.3 Å². The second-order valence-electron chi connectivity index (χ2n) is 9.35. The van der Waals surface area contributed by atoms with Crippen molar-refractivity contribution < 1.29 is 32.9 Å². The van der Waals surface area contributed by atoms with Crippen LogP contribution in [0.2, 0.25) is 0 Å². The average Bonchev–Trinajstić information content (AvgIpc) is 3.39. The first-order valence-electron chi connectivity index (χ1n) is 11.6. The van der Waals surface area contributed by atoms with Gasteiger partial charge in [0.15, 0.2) is 0 Å². The molecule has 0 aliphatic carbocycles. The lowest BCUT2D eigenvalue weighted by Crippen LogP contribution is -2.45. The summed E-state index contributed by atoms with van der Waals surface area (Å²) in [6.07, 6.45) is 0.216. The van der Waals surface area contributed by atoms with Gasteiger partial charge in [0.05, 0.1) is 44.8 Å². The summed E-state index contributed by atoms with van der Waals surface area (Å²) in [5, 5.41) is 24.1. The minimum absolute atomic E-state index is 0.0194. The largest absolute Gasteiger partial charge is 0.425 e. The number of aromatic nitrogens is 2. The number of piperidine rings is 1. The Morgan fingerprint density at radius 3 is 2.68 bits per heavy atom. The zero-order valence-corrected chi connectivity index (χ0v) is 20.3. The van der Waals surface area contributed by atoms with E-state index < -0.39 is 29.4 Å². The molecule has 0 aromatic carbocycles. The fraction of sp³-hybridized carbons (Fsp3) is 0.696. The number of nitrogens with zero attached hydrogens (tertiary/aromatic N) is 3. The van der Waals surface area contributed by atoms with Gasteiger partial charge in [-0.2, -0.15) is 18.3 Å². The Kier molecular flexibility index (Phi) is 7.70.